The van der Waals surface area contributed by atoms with Gasteiger partial charge in [0.05, 0.1) is 6.61 Å². The first-order valence-corrected chi connectivity index (χ1v) is 5.26. The zero-order valence-electron chi connectivity index (χ0n) is 9.06. The monoisotopic (exact) mass is 241 g/mol. The number of rotatable bonds is 2. The van der Waals surface area contributed by atoms with E-state index in [1.807, 2.05) is 0 Å². The Bertz CT molecular complexity index is 369. The van der Waals surface area contributed by atoms with Crippen LogP contribution in [0.1, 0.15) is 0 Å². The molecule has 0 unspecified atom stereocenters. The van der Waals surface area contributed by atoms with Gasteiger partial charge in [-0.15, -0.1) is 0 Å². The summed E-state index contributed by atoms with van der Waals surface area (Å²) in [7, 11) is 0. The van der Waals surface area contributed by atoms with Crippen molar-refractivity contribution in [2.45, 2.75) is 24.6 Å². The lowest BCUT2D eigenvalue weighted by molar-refractivity contribution is -0.244. The van der Waals surface area contributed by atoms with Gasteiger partial charge in [-0.1, -0.05) is 0 Å². The highest BCUT2D eigenvalue weighted by atomic mass is 16.6. The number of aliphatic hydroxyl groups excluding tert-OH is 3. The van der Waals surface area contributed by atoms with Crippen LogP contribution in [0.25, 0.3) is 0 Å². The number of ether oxygens (including phenoxy) is 2. The molecule has 4 atom stereocenters. The second-order valence-corrected chi connectivity index (χ2v) is 3.93. The molecule has 2 rings (SSSR count). The molecule has 1 heterocycles. The topological polar surface area (TPSA) is 105 Å². The SMILES string of the molecule is Nc1ccc(O[C@@H]2[C@@H](O)[C@H](O)CO[C@H]2O)cc1. The maximum atomic E-state index is 9.68. The van der Waals surface area contributed by atoms with Crippen molar-refractivity contribution in [3.05, 3.63) is 24.3 Å². The molecule has 0 saturated carbocycles. The summed E-state index contributed by atoms with van der Waals surface area (Å²) in [6.45, 7) is -0.121. The van der Waals surface area contributed by atoms with Gasteiger partial charge in [0.25, 0.3) is 0 Å². The largest absolute Gasteiger partial charge is 0.482 e. The molecule has 1 aliphatic rings. The molecule has 6 nitrogen and oxygen atoms in total. The Morgan fingerprint density at radius 2 is 1.82 bits per heavy atom. The van der Waals surface area contributed by atoms with E-state index in [0.29, 0.717) is 11.4 Å². The fourth-order valence-electron chi connectivity index (χ4n) is 1.61. The Kier molecular flexibility index (Phi) is 3.49. The van der Waals surface area contributed by atoms with Gasteiger partial charge < -0.3 is 30.5 Å². The standard InChI is InChI=1S/C11H15NO5/c12-6-1-3-7(4-2-6)17-10-9(14)8(13)5-16-11(10)15/h1-4,8-11,13-15H,5,12H2/t8-,9+,10-,11-/m1/s1. The van der Waals surface area contributed by atoms with E-state index < -0.39 is 24.6 Å². The summed E-state index contributed by atoms with van der Waals surface area (Å²) >= 11 is 0. The van der Waals surface area contributed by atoms with Crippen LogP contribution in [0.5, 0.6) is 5.75 Å². The van der Waals surface area contributed by atoms with Crippen LogP contribution in [0, 0.1) is 0 Å². The molecule has 17 heavy (non-hydrogen) atoms. The molecule has 1 fully saturated rings. The third-order valence-corrected chi connectivity index (χ3v) is 2.60. The quantitative estimate of drug-likeness (QED) is 0.499. The summed E-state index contributed by atoms with van der Waals surface area (Å²) in [5.41, 5.74) is 6.10. The smallest absolute Gasteiger partial charge is 0.195 e. The number of aliphatic hydroxyl groups is 3. The van der Waals surface area contributed by atoms with Gasteiger partial charge in [0.1, 0.15) is 18.0 Å². The van der Waals surface area contributed by atoms with Gasteiger partial charge in [0.2, 0.25) is 0 Å². The first-order chi connectivity index (χ1) is 8.08. The molecule has 1 saturated heterocycles. The average Bonchev–Trinajstić information content (AvgIpc) is 2.32. The highest BCUT2D eigenvalue weighted by Gasteiger charge is 2.39. The summed E-state index contributed by atoms with van der Waals surface area (Å²) in [5.74, 6) is 0.431. The lowest BCUT2D eigenvalue weighted by Crippen LogP contribution is -2.55. The second-order valence-electron chi connectivity index (χ2n) is 3.93. The van der Waals surface area contributed by atoms with Gasteiger partial charge in [-0.3, -0.25) is 0 Å². The molecule has 6 heteroatoms. The first-order valence-electron chi connectivity index (χ1n) is 5.26. The van der Waals surface area contributed by atoms with Crippen LogP contribution in [0.15, 0.2) is 24.3 Å². The highest BCUT2D eigenvalue weighted by Crippen LogP contribution is 2.21. The first kappa shape index (κ1) is 12.1. The summed E-state index contributed by atoms with van der Waals surface area (Å²) in [6.07, 6.45) is -4.57. The summed E-state index contributed by atoms with van der Waals surface area (Å²) in [5, 5.41) is 28.6. The minimum atomic E-state index is -1.27. The maximum Gasteiger partial charge on any atom is 0.195 e. The molecular formula is C11H15NO5. The van der Waals surface area contributed by atoms with E-state index in [0.717, 1.165) is 0 Å². The molecule has 0 amide bonds. The summed E-state index contributed by atoms with van der Waals surface area (Å²) in [6, 6.07) is 6.48. The Balaban J connectivity index is 2.08. The van der Waals surface area contributed by atoms with Gasteiger partial charge in [-0.2, -0.15) is 0 Å². The fraction of sp³-hybridized carbons (Fsp3) is 0.455. The zero-order chi connectivity index (χ0) is 12.4. The van der Waals surface area contributed by atoms with Crippen molar-refractivity contribution in [1.82, 2.24) is 0 Å². The van der Waals surface area contributed by atoms with Crippen molar-refractivity contribution in [3.8, 4) is 5.75 Å². The number of benzene rings is 1. The Morgan fingerprint density at radius 3 is 2.47 bits per heavy atom. The second kappa shape index (κ2) is 4.89. The van der Waals surface area contributed by atoms with E-state index in [9.17, 15) is 15.3 Å². The molecule has 1 aliphatic heterocycles. The van der Waals surface area contributed by atoms with Crippen molar-refractivity contribution < 1.29 is 24.8 Å². The number of nitrogens with two attached hydrogens (primary N) is 1. The van der Waals surface area contributed by atoms with Gasteiger partial charge >= 0.3 is 0 Å². The summed E-state index contributed by atoms with van der Waals surface area (Å²) < 4.78 is 10.2. The molecule has 0 aromatic heterocycles. The third-order valence-electron chi connectivity index (χ3n) is 2.60. The highest BCUT2D eigenvalue weighted by molar-refractivity contribution is 5.41. The molecular weight excluding hydrogens is 226 g/mol. The van der Waals surface area contributed by atoms with Crippen LogP contribution in [-0.4, -0.2) is 46.5 Å². The van der Waals surface area contributed by atoms with Crippen molar-refractivity contribution in [2.75, 3.05) is 12.3 Å². The van der Waals surface area contributed by atoms with E-state index in [2.05, 4.69) is 0 Å². The minimum absolute atomic E-state index is 0.121. The lowest BCUT2D eigenvalue weighted by atomic mass is 10.1. The van der Waals surface area contributed by atoms with E-state index in [-0.39, 0.29) is 6.61 Å². The fourth-order valence-corrected chi connectivity index (χ4v) is 1.61. The van der Waals surface area contributed by atoms with Crippen molar-refractivity contribution >= 4 is 5.69 Å². The van der Waals surface area contributed by atoms with Crippen LogP contribution in [-0.2, 0) is 4.74 Å². The molecule has 1 aromatic carbocycles. The normalized spacial score (nSPS) is 33.4. The predicted octanol–water partition coefficient (Wildman–Crippen LogP) is -0.913. The van der Waals surface area contributed by atoms with Crippen LogP contribution in [0.4, 0.5) is 5.69 Å². The Labute approximate surface area is 98.2 Å². The van der Waals surface area contributed by atoms with Crippen molar-refractivity contribution in [1.29, 1.82) is 0 Å². The average molecular weight is 241 g/mol. The zero-order valence-corrected chi connectivity index (χ0v) is 9.06. The number of anilines is 1. The molecule has 0 spiro atoms. The molecule has 94 valence electrons. The molecule has 0 radical (unpaired) electrons. The number of hydrogen-bond acceptors (Lipinski definition) is 6. The van der Waals surface area contributed by atoms with Gasteiger partial charge in [-0.05, 0) is 24.3 Å². The van der Waals surface area contributed by atoms with Crippen LogP contribution < -0.4 is 10.5 Å². The molecule has 5 N–H and O–H groups in total. The summed E-state index contributed by atoms with van der Waals surface area (Å²) in [4.78, 5) is 0. The van der Waals surface area contributed by atoms with Gasteiger partial charge in [0, 0.05) is 5.69 Å². The van der Waals surface area contributed by atoms with Gasteiger partial charge in [-0.25, -0.2) is 0 Å². The molecule has 1 aromatic rings. The molecule has 0 bridgehead atoms. The van der Waals surface area contributed by atoms with Crippen LogP contribution >= 0.6 is 0 Å². The van der Waals surface area contributed by atoms with Crippen molar-refractivity contribution in [2.24, 2.45) is 0 Å². The number of nitrogen functional groups attached to an aromatic ring is 1. The predicted molar refractivity (Wildman–Crippen MR) is 59.2 cm³/mol. The van der Waals surface area contributed by atoms with E-state index in [4.69, 9.17) is 15.2 Å². The third kappa shape index (κ3) is 2.67. The van der Waals surface area contributed by atoms with Gasteiger partial charge in [0.15, 0.2) is 12.4 Å². The van der Waals surface area contributed by atoms with Crippen molar-refractivity contribution in [3.63, 3.8) is 0 Å². The Hall–Kier alpha value is -1.34. The molecule has 0 aliphatic carbocycles. The van der Waals surface area contributed by atoms with Crippen LogP contribution in [0.2, 0.25) is 0 Å². The number of hydrogen-bond donors (Lipinski definition) is 4. The van der Waals surface area contributed by atoms with E-state index >= 15 is 0 Å². The lowest BCUT2D eigenvalue weighted by Gasteiger charge is -2.35. The van der Waals surface area contributed by atoms with E-state index in [1.165, 1.54) is 0 Å². The Morgan fingerprint density at radius 1 is 1.18 bits per heavy atom. The van der Waals surface area contributed by atoms with Crippen LogP contribution in [0.3, 0.4) is 0 Å². The minimum Gasteiger partial charge on any atom is -0.482 e. The van der Waals surface area contributed by atoms with E-state index in [1.54, 1.807) is 24.3 Å². The maximum absolute atomic E-state index is 9.68.